The van der Waals surface area contributed by atoms with E-state index in [-0.39, 0.29) is 12.4 Å². The molecule has 2 aromatic rings. The molecule has 5 atom stereocenters. The molecule has 0 spiro atoms. The molecule has 3 heterocycles. The van der Waals surface area contributed by atoms with E-state index in [2.05, 4.69) is 19.9 Å². The second-order valence-electron chi connectivity index (χ2n) is 7.30. The highest BCUT2D eigenvalue weighted by atomic mass is 31.1. The molecule has 1 saturated heterocycles. The maximum atomic E-state index is 11.5. The van der Waals surface area contributed by atoms with E-state index in [4.69, 9.17) is 29.2 Å². The van der Waals surface area contributed by atoms with Crippen LogP contribution in [0, 0.1) is 0 Å². The number of methoxy groups -OCH3 is 2. The van der Waals surface area contributed by atoms with Gasteiger partial charge in [-0.25, -0.2) is 15.0 Å². The highest BCUT2D eigenvalue weighted by Gasteiger charge is 2.51. The Morgan fingerprint density at radius 2 is 1.85 bits per heavy atom. The van der Waals surface area contributed by atoms with E-state index in [0.29, 0.717) is 44.0 Å². The molecule has 0 aromatic carbocycles. The van der Waals surface area contributed by atoms with Crippen LogP contribution in [0.3, 0.4) is 0 Å². The number of nitrogen functional groups attached to an aromatic ring is 1. The zero-order valence-corrected chi connectivity index (χ0v) is 19.4. The molecule has 0 bridgehead atoms. The van der Waals surface area contributed by atoms with Gasteiger partial charge in [0.15, 0.2) is 23.8 Å². The fourth-order valence-electron chi connectivity index (χ4n) is 3.64. The van der Waals surface area contributed by atoms with Crippen molar-refractivity contribution in [1.29, 1.82) is 0 Å². The van der Waals surface area contributed by atoms with Crippen molar-refractivity contribution in [3.63, 3.8) is 0 Å². The van der Waals surface area contributed by atoms with Crippen molar-refractivity contribution >= 4 is 25.2 Å². The SMILES string of the molecule is COCCN(CCOC)CCOC1C(O[P+](=O)O)[C@@H](CO)O[C@H]1n1cnc2c(N)ncnc21. The topological polar surface area (TPSA) is 177 Å². The first-order valence-corrected chi connectivity index (χ1v) is 11.5. The summed E-state index contributed by atoms with van der Waals surface area (Å²) >= 11 is 0. The van der Waals surface area contributed by atoms with E-state index in [0.717, 1.165) is 0 Å². The summed E-state index contributed by atoms with van der Waals surface area (Å²) in [7, 11) is 0.293. The summed E-state index contributed by atoms with van der Waals surface area (Å²) in [6.07, 6.45) is -0.818. The van der Waals surface area contributed by atoms with Gasteiger partial charge in [-0.2, -0.15) is 0 Å². The van der Waals surface area contributed by atoms with Crippen molar-refractivity contribution in [3.8, 4) is 0 Å². The van der Waals surface area contributed by atoms with E-state index < -0.39 is 39.4 Å². The Hall–Kier alpha value is -1.87. The number of imidazole rings is 1. The van der Waals surface area contributed by atoms with Crippen molar-refractivity contribution < 1.29 is 38.0 Å². The molecule has 3 rings (SSSR count). The molecule has 0 radical (unpaired) electrons. The van der Waals surface area contributed by atoms with Crippen LogP contribution in [0.25, 0.3) is 11.2 Å². The monoisotopic (exact) mass is 489 g/mol. The number of nitrogens with zero attached hydrogens (tertiary/aromatic N) is 5. The van der Waals surface area contributed by atoms with E-state index >= 15 is 0 Å². The van der Waals surface area contributed by atoms with Crippen LogP contribution in [0.5, 0.6) is 0 Å². The minimum atomic E-state index is -2.97. The Morgan fingerprint density at radius 3 is 2.48 bits per heavy atom. The minimum absolute atomic E-state index is 0.200. The molecule has 1 aliphatic heterocycles. The largest absolute Gasteiger partial charge is 0.695 e. The number of rotatable bonds is 14. The molecule has 0 amide bonds. The van der Waals surface area contributed by atoms with Gasteiger partial charge in [-0.3, -0.25) is 9.47 Å². The van der Waals surface area contributed by atoms with Gasteiger partial charge in [0, 0.05) is 38.4 Å². The van der Waals surface area contributed by atoms with Crippen molar-refractivity contribution in [3.05, 3.63) is 12.7 Å². The smallest absolute Gasteiger partial charge is 0.394 e. The Balaban J connectivity index is 1.80. The number of ether oxygens (including phenoxy) is 4. The Bertz CT molecular complexity index is 896. The average molecular weight is 489 g/mol. The second kappa shape index (κ2) is 12.6. The lowest BCUT2D eigenvalue weighted by Crippen LogP contribution is -2.39. The first kappa shape index (κ1) is 25.7. The van der Waals surface area contributed by atoms with Gasteiger partial charge < -0.3 is 29.8 Å². The Labute approximate surface area is 191 Å². The second-order valence-corrected chi connectivity index (χ2v) is 7.99. The van der Waals surface area contributed by atoms with Gasteiger partial charge in [0.2, 0.25) is 0 Å². The number of hydrogen-bond donors (Lipinski definition) is 3. The van der Waals surface area contributed by atoms with E-state index in [1.165, 1.54) is 12.7 Å². The quantitative estimate of drug-likeness (QED) is 0.285. The Morgan fingerprint density at radius 1 is 1.15 bits per heavy atom. The van der Waals surface area contributed by atoms with Crippen LogP contribution < -0.4 is 5.73 Å². The lowest BCUT2D eigenvalue weighted by atomic mass is 10.1. The van der Waals surface area contributed by atoms with Crippen LogP contribution in [-0.4, -0.2) is 113 Å². The van der Waals surface area contributed by atoms with Crippen LogP contribution in [0.2, 0.25) is 0 Å². The van der Waals surface area contributed by atoms with Gasteiger partial charge in [0.25, 0.3) is 0 Å². The zero-order valence-electron chi connectivity index (χ0n) is 18.5. The van der Waals surface area contributed by atoms with Gasteiger partial charge in [-0.05, 0) is 0 Å². The van der Waals surface area contributed by atoms with E-state index in [9.17, 15) is 14.6 Å². The maximum Gasteiger partial charge on any atom is 0.695 e. The van der Waals surface area contributed by atoms with Gasteiger partial charge in [0.05, 0.1) is 32.8 Å². The van der Waals surface area contributed by atoms with E-state index in [1.807, 2.05) is 0 Å². The molecule has 0 aliphatic carbocycles. The number of aromatic nitrogens is 4. The third kappa shape index (κ3) is 6.38. The molecular formula is C18H30N6O8P+. The minimum Gasteiger partial charge on any atom is -0.394 e. The third-order valence-corrected chi connectivity index (χ3v) is 5.70. The summed E-state index contributed by atoms with van der Waals surface area (Å²) in [5.41, 5.74) is 6.66. The predicted molar refractivity (Wildman–Crippen MR) is 115 cm³/mol. The number of hydrogen-bond acceptors (Lipinski definition) is 12. The van der Waals surface area contributed by atoms with Gasteiger partial charge in [-0.15, -0.1) is 9.42 Å². The number of anilines is 1. The highest BCUT2D eigenvalue weighted by Crippen LogP contribution is 2.38. The third-order valence-electron chi connectivity index (χ3n) is 5.28. The van der Waals surface area contributed by atoms with Crippen LogP contribution in [0.15, 0.2) is 12.7 Å². The van der Waals surface area contributed by atoms with Crippen LogP contribution >= 0.6 is 8.25 Å². The molecule has 1 aliphatic rings. The zero-order chi connectivity index (χ0) is 23.8. The van der Waals surface area contributed by atoms with Crippen LogP contribution in [0.1, 0.15) is 6.23 Å². The molecule has 4 N–H and O–H groups in total. The predicted octanol–water partition coefficient (Wildman–Crippen LogP) is -0.687. The number of aliphatic hydroxyl groups is 1. The molecule has 14 nitrogen and oxygen atoms in total. The molecule has 1 fully saturated rings. The van der Waals surface area contributed by atoms with Crippen LogP contribution in [-0.2, 0) is 28.0 Å². The summed E-state index contributed by atoms with van der Waals surface area (Å²) in [5, 5.41) is 9.80. The summed E-state index contributed by atoms with van der Waals surface area (Å²) in [5.74, 6) is 0.200. The summed E-state index contributed by atoms with van der Waals surface area (Å²) in [6.45, 7) is 2.80. The molecular weight excluding hydrogens is 459 g/mol. The van der Waals surface area contributed by atoms with Gasteiger partial charge >= 0.3 is 8.25 Å². The van der Waals surface area contributed by atoms with E-state index in [1.54, 1.807) is 18.8 Å². The van der Waals surface area contributed by atoms with Gasteiger partial charge in [-0.1, -0.05) is 0 Å². The van der Waals surface area contributed by atoms with Crippen LogP contribution in [0.4, 0.5) is 5.82 Å². The first-order chi connectivity index (χ1) is 16.0. The molecule has 2 aromatic heterocycles. The number of aliphatic hydroxyl groups excluding tert-OH is 1. The normalized spacial score (nSPS) is 23.6. The summed E-state index contributed by atoms with van der Waals surface area (Å²) in [4.78, 5) is 23.9. The first-order valence-electron chi connectivity index (χ1n) is 10.3. The lowest BCUT2D eigenvalue weighted by molar-refractivity contribution is -0.0735. The van der Waals surface area contributed by atoms with Crippen molar-refractivity contribution in [2.75, 3.05) is 66.0 Å². The Kier molecular flexibility index (Phi) is 9.79. The standard InChI is InChI=1S/C18H29N6O8P/c1-28-6-3-23(4-7-29-2)5-8-30-15-14(32-33(26)27)12(9-25)31-18(15)24-11-22-13-16(19)20-10-21-17(13)24/h10-12,14-15,18,25H,3-9H2,1-2H3,(H2-,19,20,21,26,27)/p+1/t12-,14?,15?,18-/m1/s1. The molecule has 3 unspecified atom stereocenters. The molecule has 15 heteroatoms. The summed E-state index contributed by atoms with van der Waals surface area (Å²) < 4.78 is 40.6. The average Bonchev–Trinajstić information content (AvgIpc) is 3.37. The molecule has 184 valence electrons. The fraction of sp³-hybridized carbons (Fsp3) is 0.722. The lowest BCUT2D eigenvalue weighted by Gasteiger charge is -2.25. The van der Waals surface area contributed by atoms with Crippen molar-refractivity contribution in [2.24, 2.45) is 0 Å². The summed E-state index contributed by atoms with van der Waals surface area (Å²) in [6, 6.07) is 0. The molecule has 0 saturated carbocycles. The molecule has 33 heavy (non-hydrogen) atoms. The van der Waals surface area contributed by atoms with Gasteiger partial charge in [0.1, 0.15) is 24.1 Å². The fourth-order valence-corrected chi connectivity index (χ4v) is 4.10. The highest BCUT2D eigenvalue weighted by molar-refractivity contribution is 7.32. The van der Waals surface area contributed by atoms with Crippen molar-refractivity contribution in [2.45, 2.75) is 24.5 Å². The number of fused-ring (bicyclic) bond motifs is 1. The maximum absolute atomic E-state index is 11.5. The van der Waals surface area contributed by atoms with Crippen molar-refractivity contribution in [1.82, 2.24) is 24.4 Å². The number of nitrogens with two attached hydrogens (primary N) is 1.